The summed E-state index contributed by atoms with van der Waals surface area (Å²) in [6.07, 6.45) is 0. The summed E-state index contributed by atoms with van der Waals surface area (Å²) >= 11 is 5.98. The van der Waals surface area contributed by atoms with Crippen molar-refractivity contribution in [3.8, 4) is 0 Å². The maximum absolute atomic E-state index is 12.0. The average Bonchev–Trinajstić information content (AvgIpc) is 2.80. The van der Waals surface area contributed by atoms with Crippen LogP contribution >= 0.6 is 11.6 Å². The molecule has 2 rings (SSSR count). The molecule has 0 amide bonds. The largest absolute Gasteiger partial charge is 0.475 e. The minimum absolute atomic E-state index is 0.148. The molecule has 0 fully saturated rings. The Hall–Kier alpha value is -1.59. The second-order valence-electron chi connectivity index (χ2n) is 3.89. The molecule has 4 nitrogen and oxygen atoms in total. The van der Waals surface area contributed by atoms with E-state index in [0.29, 0.717) is 16.5 Å². The summed E-state index contributed by atoms with van der Waals surface area (Å²) in [4.78, 5) is 10.6. The first-order valence-electron chi connectivity index (χ1n) is 5.46. The lowest BCUT2D eigenvalue weighted by Gasteiger charge is -2.03. The topological polar surface area (TPSA) is 67.5 Å². The van der Waals surface area contributed by atoms with Gasteiger partial charge in [-0.05, 0) is 23.8 Å². The third-order valence-electron chi connectivity index (χ3n) is 2.45. The molecule has 2 aromatic rings. The minimum atomic E-state index is -1.20. The van der Waals surface area contributed by atoms with Crippen molar-refractivity contribution in [1.82, 2.24) is 0 Å². The third kappa shape index (κ3) is 3.68. The number of benzene rings is 1. The van der Waals surface area contributed by atoms with Gasteiger partial charge in [-0.1, -0.05) is 29.8 Å². The van der Waals surface area contributed by atoms with Crippen LogP contribution < -0.4 is 0 Å². The highest BCUT2D eigenvalue weighted by atomic mass is 35.5. The van der Waals surface area contributed by atoms with Crippen LogP contribution in [0.4, 0.5) is 0 Å². The molecule has 1 N–H and O–H groups in total. The summed E-state index contributed by atoms with van der Waals surface area (Å²) in [6, 6.07) is 10.1. The quantitative estimate of drug-likeness (QED) is 0.921. The molecule has 0 saturated heterocycles. The first-order chi connectivity index (χ1) is 9.06. The average molecular weight is 299 g/mol. The number of carbonyl (C=O) groups is 1. The standard InChI is InChI=1S/C13H11ClO4S/c14-11-4-2-1-3-9(11)7-19(17)8-10-5-6-12(18-10)13(15)16/h1-6H,7-8H2,(H,15,16). The molecular formula is C13H11ClO4S. The van der Waals surface area contributed by atoms with Gasteiger partial charge in [-0.2, -0.15) is 0 Å². The van der Waals surface area contributed by atoms with Crippen LogP contribution in [-0.2, 0) is 22.3 Å². The fraction of sp³-hybridized carbons (Fsp3) is 0.154. The maximum Gasteiger partial charge on any atom is 0.371 e. The monoisotopic (exact) mass is 298 g/mol. The Balaban J connectivity index is 2.01. The van der Waals surface area contributed by atoms with E-state index in [0.717, 1.165) is 5.56 Å². The normalized spacial score (nSPS) is 12.3. The van der Waals surface area contributed by atoms with E-state index in [9.17, 15) is 9.00 Å². The van der Waals surface area contributed by atoms with Crippen LogP contribution in [0.5, 0.6) is 0 Å². The van der Waals surface area contributed by atoms with Gasteiger partial charge in [0, 0.05) is 15.8 Å². The molecule has 0 aliphatic heterocycles. The molecule has 1 unspecified atom stereocenters. The number of halogens is 1. The number of hydrogen-bond acceptors (Lipinski definition) is 3. The Morgan fingerprint density at radius 1 is 1.21 bits per heavy atom. The summed E-state index contributed by atoms with van der Waals surface area (Å²) in [5, 5.41) is 9.29. The molecule has 0 spiro atoms. The highest BCUT2D eigenvalue weighted by molar-refractivity contribution is 7.83. The Morgan fingerprint density at radius 2 is 1.95 bits per heavy atom. The molecule has 0 aliphatic rings. The molecule has 0 bridgehead atoms. The van der Waals surface area contributed by atoms with Gasteiger partial charge in [0.15, 0.2) is 0 Å². The molecule has 1 atom stereocenters. The molecule has 0 aliphatic carbocycles. The Kier molecular flexibility index (Phi) is 4.39. The summed E-state index contributed by atoms with van der Waals surface area (Å²) in [6.45, 7) is 0. The predicted molar refractivity (Wildman–Crippen MR) is 72.7 cm³/mol. The van der Waals surface area contributed by atoms with Crippen molar-refractivity contribution in [3.05, 3.63) is 58.5 Å². The molecule has 19 heavy (non-hydrogen) atoms. The second-order valence-corrected chi connectivity index (χ2v) is 5.76. The van der Waals surface area contributed by atoms with E-state index in [1.54, 1.807) is 12.1 Å². The van der Waals surface area contributed by atoms with Gasteiger partial charge in [-0.3, -0.25) is 4.21 Å². The van der Waals surface area contributed by atoms with E-state index < -0.39 is 16.8 Å². The number of rotatable bonds is 5. The molecular weight excluding hydrogens is 288 g/mol. The lowest BCUT2D eigenvalue weighted by molar-refractivity contribution is 0.0661. The molecule has 1 heterocycles. The first-order valence-corrected chi connectivity index (χ1v) is 7.33. The van der Waals surface area contributed by atoms with E-state index in [1.807, 2.05) is 12.1 Å². The van der Waals surface area contributed by atoms with E-state index >= 15 is 0 Å². The van der Waals surface area contributed by atoms with Crippen molar-refractivity contribution in [2.45, 2.75) is 11.5 Å². The van der Waals surface area contributed by atoms with Crippen LogP contribution in [0, 0.1) is 0 Å². The number of aromatic carboxylic acids is 1. The van der Waals surface area contributed by atoms with E-state index in [1.165, 1.54) is 12.1 Å². The van der Waals surface area contributed by atoms with Crippen LogP contribution in [0.1, 0.15) is 21.9 Å². The zero-order chi connectivity index (χ0) is 13.8. The van der Waals surface area contributed by atoms with Crippen molar-refractivity contribution in [2.24, 2.45) is 0 Å². The van der Waals surface area contributed by atoms with Crippen LogP contribution in [-0.4, -0.2) is 15.3 Å². The smallest absolute Gasteiger partial charge is 0.371 e. The van der Waals surface area contributed by atoms with Gasteiger partial charge in [-0.25, -0.2) is 4.79 Å². The van der Waals surface area contributed by atoms with Crippen LogP contribution in [0.25, 0.3) is 0 Å². The molecule has 0 radical (unpaired) electrons. The maximum atomic E-state index is 12.0. The highest BCUT2D eigenvalue weighted by Gasteiger charge is 2.12. The molecule has 1 aromatic heterocycles. The fourth-order valence-corrected chi connectivity index (χ4v) is 3.02. The zero-order valence-corrected chi connectivity index (χ0v) is 11.4. The molecule has 1 aromatic carbocycles. The van der Waals surface area contributed by atoms with Gasteiger partial charge < -0.3 is 9.52 Å². The highest BCUT2D eigenvalue weighted by Crippen LogP contribution is 2.18. The lowest BCUT2D eigenvalue weighted by Crippen LogP contribution is -1.99. The minimum Gasteiger partial charge on any atom is -0.475 e. The van der Waals surface area contributed by atoms with Gasteiger partial charge in [0.25, 0.3) is 0 Å². The number of hydrogen-bond donors (Lipinski definition) is 1. The molecule has 6 heteroatoms. The van der Waals surface area contributed by atoms with E-state index in [2.05, 4.69) is 0 Å². The number of carboxylic acid groups (broad SMARTS) is 1. The van der Waals surface area contributed by atoms with Crippen molar-refractivity contribution < 1.29 is 18.5 Å². The summed E-state index contributed by atoms with van der Waals surface area (Å²) in [5.74, 6) is -0.419. The fourth-order valence-electron chi connectivity index (χ4n) is 1.57. The Bertz CT molecular complexity index is 621. The Morgan fingerprint density at radius 3 is 2.58 bits per heavy atom. The summed E-state index contributed by atoms with van der Waals surface area (Å²) in [5.41, 5.74) is 0.799. The van der Waals surface area contributed by atoms with Gasteiger partial charge in [0.2, 0.25) is 5.76 Å². The number of carboxylic acids is 1. The SMILES string of the molecule is O=C(O)c1ccc(CS(=O)Cc2ccccc2Cl)o1. The van der Waals surface area contributed by atoms with Gasteiger partial charge >= 0.3 is 5.97 Å². The van der Waals surface area contributed by atoms with Crippen molar-refractivity contribution >= 4 is 28.4 Å². The van der Waals surface area contributed by atoms with Crippen molar-refractivity contribution in [2.75, 3.05) is 0 Å². The van der Waals surface area contributed by atoms with Crippen molar-refractivity contribution in [3.63, 3.8) is 0 Å². The van der Waals surface area contributed by atoms with Crippen LogP contribution in [0.2, 0.25) is 5.02 Å². The lowest BCUT2D eigenvalue weighted by atomic mass is 10.2. The second kappa shape index (κ2) is 6.04. The van der Waals surface area contributed by atoms with E-state index in [4.69, 9.17) is 21.1 Å². The van der Waals surface area contributed by atoms with Gasteiger partial charge in [-0.15, -0.1) is 0 Å². The van der Waals surface area contributed by atoms with E-state index in [-0.39, 0.29) is 11.5 Å². The summed E-state index contributed by atoms with van der Waals surface area (Å²) in [7, 11) is -1.20. The zero-order valence-electron chi connectivity index (χ0n) is 9.84. The Labute approximate surface area is 117 Å². The molecule has 100 valence electrons. The van der Waals surface area contributed by atoms with Crippen LogP contribution in [0.15, 0.2) is 40.8 Å². The van der Waals surface area contributed by atoms with Crippen molar-refractivity contribution in [1.29, 1.82) is 0 Å². The number of furan rings is 1. The van der Waals surface area contributed by atoms with Gasteiger partial charge in [0.1, 0.15) is 5.76 Å². The predicted octanol–water partition coefficient (Wildman–Crippen LogP) is 3.08. The van der Waals surface area contributed by atoms with Gasteiger partial charge in [0.05, 0.1) is 11.5 Å². The third-order valence-corrected chi connectivity index (χ3v) is 4.06. The first kappa shape index (κ1) is 13.8. The summed E-state index contributed by atoms with van der Waals surface area (Å²) < 4.78 is 17.0. The molecule has 0 saturated carbocycles. The van der Waals surface area contributed by atoms with Crippen LogP contribution in [0.3, 0.4) is 0 Å².